The first kappa shape index (κ1) is 17.2. The van der Waals surface area contributed by atoms with Gasteiger partial charge in [0, 0.05) is 10.7 Å². The fourth-order valence-corrected chi connectivity index (χ4v) is 2.83. The highest BCUT2D eigenvalue weighted by Gasteiger charge is 2.18. The van der Waals surface area contributed by atoms with Crippen LogP contribution in [0.15, 0.2) is 36.4 Å². The third kappa shape index (κ3) is 3.42. The number of anilines is 1. The number of carbonyl (C=O) groups excluding carboxylic acids is 1. The lowest BCUT2D eigenvalue weighted by Gasteiger charge is -2.08. The maximum atomic E-state index is 12.6. The molecule has 1 N–H and O–H groups in total. The highest BCUT2D eigenvalue weighted by atomic mass is 35.5. The van der Waals surface area contributed by atoms with Crippen LogP contribution in [0.25, 0.3) is 5.69 Å². The van der Waals surface area contributed by atoms with Crippen LogP contribution in [0.3, 0.4) is 0 Å². The molecule has 128 valence electrons. The maximum absolute atomic E-state index is 12.6. The van der Waals surface area contributed by atoms with Crippen LogP contribution in [0.1, 0.15) is 32.9 Å². The van der Waals surface area contributed by atoms with Gasteiger partial charge in [-0.05, 0) is 57.0 Å². The molecule has 25 heavy (non-hydrogen) atoms. The minimum atomic E-state index is -0.307. The molecule has 0 bridgehead atoms. The van der Waals surface area contributed by atoms with Gasteiger partial charge in [-0.1, -0.05) is 35.4 Å². The van der Waals surface area contributed by atoms with E-state index < -0.39 is 0 Å². The molecule has 6 heteroatoms. The van der Waals surface area contributed by atoms with Gasteiger partial charge in [-0.2, -0.15) is 9.90 Å². The summed E-state index contributed by atoms with van der Waals surface area (Å²) < 4.78 is 0. The smallest absolute Gasteiger partial charge is 0.278 e. The number of rotatable bonds is 3. The Bertz CT molecular complexity index is 962. The molecule has 0 aliphatic carbocycles. The van der Waals surface area contributed by atoms with Crippen molar-refractivity contribution in [2.45, 2.75) is 27.7 Å². The molecule has 0 saturated heterocycles. The van der Waals surface area contributed by atoms with E-state index in [2.05, 4.69) is 21.6 Å². The Labute approximate surface area is 151 Å². The number of carbonyl (C=O) groups is 1. The van der Waals surface area contributed by atoms with Crippen LogP contribution >= 0.6 is 11.6 Å². The Morgan fingerprint density at radius 3 is 2.56 bits per heavy atom. The van der Waals surface area contributed by atoms with Crippen LogP contribution in [-0.2, 0) is 0 Å². The van der Waals surface area contributed by atoms with E-state index in [1.807, 2.05) is 39.0 Å². The lowest BCUT2D eigenvalue weighted by molar-refractivity contribution is 0.102. The van der Waals surface area contributed by atoms with Crippen molar-refractivity contribution in [1.82, 2.24) is 15.0 Å². The molecular formula is C19H19ClN4O. The zero-order chi connectivity index (χ0) is 18.1. The van der Waals surface area contributed by atoms with Gasteiger partial charge in [-0.15, -0.1) is 5.10 Å². The molecule has 1 heterocycles. The summed E-state index contributed by atoms with van der Waals surface area (Å²) >= 11 is 6.11. The zero-order valence-electron chi connectivity index (χ0n) is 14.6. The molecule has 5 nitrogen and oxygen atoms in total. The second-order valence-electron chi connectivity index (χ2n) is 6.08. The van der Waals surface area contributed by atoms with E-state index in [1.54, 1.807) is 19.1 Å². The molecule has 3 rings (SSSR count). The Morgan fingerprint density at radius 1 is 1.08 bits per heavy atom. The summed E-state index contributed by atoms with van der Waals surface area (Å²) in [5.74, 6) is -0.307. The molecule has 0 unspecified atom stereocenters. The third-order valence-corrected chi connectivity index (χ3v) is 4.49. The van der Waals surface area contributed by atoms with E-state index in [0.717, 1.165) is 16.8 Å². The molecule has 0 aliphatic heterocycles. The van der Waals surface area contributed by atoms with Crippen molar-refractivity contribution in [3.8, 4) is 5.69 Å². The quantitative estimate of drug-likeness (QED) is 0.758. The topological polar surface area (TPSA) is 59.8 Å². The van der Waals surface area contributed by atoms with Gasteiger partial charge in [0.05, 0.1) is 11.4 Å². The van der Waals surface area contributed by atoms with Gasteiger partial charge >= 0.3 is 0 Å². The molecule has 3 aromatic rings. The number of aryl methyl sites for hydroxylation is 3. The fraction of sp³-hybridized carbons (Fsp3) is 0.211. The van der Waals surface area contributed by atoms with E-state index in [4.69, 9.17) is 11.6 Å². The van der Waals surface area contributed by atoms with Gasteiger partial charge in [0.1, 0.15) is 0 Å². The van der Waals surface area contributed by atoms with E-state index in [9.17, 15) is 4.79 Å². The lowest BCUT2D eigenvalue weighted by atomic mass is 10.1. The highest BCUT2D eigenvalue weighted by Crippen LogP contribution is 2.23. The molecule has 0 spiro atoms. The Kier molecular flexibility index (Phi) is 4.59. The van der Waals surface area contributed by atoms with Crippen LogP contribution in [0.5, 0.6) is 0 Å². The minimum Gasteiger partial charge on any atom is -0.320 e. The second-order valence-corrected chi connectivity index (χ2v) is 6.49. The Hall–Kier alpha value is -2.66. The van der Waals surface area contributed by atoms with Crippen molar-refractivity contribution in [1.29, 1.82) is 0 Å². The van der Waals surface area contributed by atoms with Gasteiger partial charge in [0.15, 0.2) is 5.69 Å². The number of nitrogens with one attached hydrogen (secondary N) is 1. The van der Waals surface area contributed by atoms with Crippen molar-refractivity contribution < 1.29 is 4.79 Å². The van der Waals surface area contributed by atoms with E-state index >= 15 is 0 Å². The number of hydrogen-bond acceptors (Lipinski definition) is 3. The van der Waals surface area contributed by atoms with Gasteiger partial charge in [0.2, 0.25) is 0 Å². The first-order valence-corrected chi connectivity index (χ1v) is 8.32. The molecule has 1 aromatic heterocycles. The van der Waals surface area contributed by atoms with Crippen molar-refractivity contribution in [3.63, 3.8) is 0 Å². The molecular weight excluding hydrogens is 336 g/mol. The lowest BCUT2D eigenvalue weighted by Crippen LogP contribution is -2.15. The van der Waals surface area contributed by atoms with Gasteiger partial charge in [-0.3, -0.25) is 4.79 Å². The summed E-state index contributed by atoms with van der Waals surface area (Å²) in [4.78, 5) is 14.1. The fourth-order valence-electron chi connectivity index (χ4n) is 2.65. The number of halogens is 1. The summed E-state index contributed by atoms with van der Waals surface area (Å²) in [6, 6.07) is 11.4. The monoisotopic (exact) mass is 354 g/mol. The van der Waals surface area contributed by atoms with Crippen molar-refractivity contribution >= 4 is 23.2 Å². The highest BCUT2D eigenvalue weighted by molar-refractivity contribution is 6.31. The third-order valence-electron chi connectivity index (χ3n) is 4.08. The average Bonchev–Trinajstić information content (AvgIpc) is 2.93. The number of benzene rings is 2. The van der Waals surface area contributed by atoms with Gasteiger partial charge in [0.25, 0.3) is 5.91 Å². The average molecular weight is 355 g/mol. The summed E-state index contributed by atoms with van der Waals surface area (Å²) in [5.41, 5.74) is 5.41. The summed E-state index contributed by atoms with van der Waals surface area (Å²) in [5, 5.41) is 12.2. The number of amides is 1. The summed E-state index contributed by atoms with van der Waals surface area (Å²) in [6.07, 6.45) is 0. The minimum absolute atomic E-state index is 0.291. The standard InChI is InChI=1S/C19H19ClN4O/c1-11-8-9-17(12(2)10-11)24-22-14(4)18(23-24)19(25)21-16-7-5-6-15(20)13(16)3/h5-10H,1-4H3,(H,21,25). The normalized spacial score (nSPS) is 10.8. The van der Waals surface area contributed by atoms with E-state index in [1.165, 1.54) is 10.4 Å². The predicted octanol–water partition coefficient (Wildman–Crippen LogP) is 4.41. The largest absolute Gasteiger partial charge is 0.320 e. The Balaban J connectivity index is 1.92. The van der Waals surface area contributed by atoms with Crippen LogP contribution in [0, 0.1) is 27.7 Å². The molecule has 0 aliphatic rings. The molecule has 0 atom stereocenters. The number of aromatic nitrogens is 3. The first-order chi connectivity index (χ1) is 11.9. The van der Waals surface area contributed by atoms with Crippen LogP contribution < -0.4 is 5.32 Å². The van der Waals surface area contributed by atoms with Crippen LogP contribution in [0.4, 0.5) is 5.69 Å². The zero-order valence-corrected chi connectivity index (χ0v) is 15.3. The molecule has 0 fully saturated rings. The van der Waals surface area contributed by atoms with Crippen LogP contribution in [0.2, 0.25) is 5.02 Å². The number of hydrogen-bond donors (Lipinski definition) is 1. The molecule has 0 radical (unpaired) electrons. The first-order valence-electron chi connectivity index (χ1n) is 7.95. The van der Waals surface area contributed by atoms with Gasteiger partial charge < -0.3 is 5.32 Å². The van der Waals surface area contributed by atoms with Crippen molar-refractivity contribution in [3.05, 3.63) is 69.5 Å². The van der Waals surface area contributed by atoms with E-state index in [0.29, 0.717) is 22.1 Å². The van der Waals surface area contributed by atoms with Crippen LogP contribution in [-0.4, -0.2) is 20.9 Å². The molecule has 0 saturated carbocycles. The van der Waals surface area contributed by atoms with E-state index in [-0.39, 0.29) is 5.91 Å². The van der Waals surface area contributed by atoms with Crippen molar-refractivity contribution in [2.75, 3.05) is 5.32 Å². The summed E-state index contributed by atoms with van der Waals surface area (Å²) in [7, 11) is 0. The maximum Gasteiger partial charge on any atom is 0.278 e. The van der Waals surface area contributed by atoms with Crippen molar-refractivity contribution in [2.24, 2.45) is 0 Å². The Morgan fingerprint density at radius 2 is 1.84 bits per heavy atom. The molecule has 1 amide bonds. The number of nitrogens with zero attached hydrogens (tertiary/aromatic N) is 3. The van der Waals surface area contributed by atoms with Gasteiger partial charge in [-0.25, -0.2) is 0 Å². The molecule has 2 aromatic carbocycles. The predicted molar refractivity (Wildman–Crippen MR) is 99.7 cm³/mol. The second kappa shape index (κ2) is 6.69. The SMILES string of the molecule is Cc1ccc(-n2nc(C)c(C(=O)Nc3cccc(Cl)c3C)n2)c(C)c1. The summed E-state index contributed by atoms with van der Waals surface area (Å²) in [6.45, 7) is 7.66.